The number of hydrogen-bond donors (Lipinski definition) is 1. The van der Waals surface area contributed by atoms with E-state index >= 15 is 0 Å². The maximum atomic E-state index is 13.0. The van der Waals surface area contributed by atoms with E-state index < -0.39 is 12.4 Å². The fourth-order valence-corrected chi connectivity index (χ4v) is 3.60. The highest BCUT2D eigenvalue weighted by atomic mass is 16.5. The number of amides is 1. The van der Waals surface area contributed by atoms with Gasteiger partial charge in [-0.1, -0.05) is 17.3 Å². The van der Waals surface area contributed by atoms with Gasteiger partial charge in [0.05, 0.1) is 19.7 Å². The smallest absolute Gasteiger partial charge is 0.254 e. The van der Waals surface area contributed by atoms with Gasteiger partial charge in [0.25, 0.3) is 5.91 Å². The fourth-order valence-electron chi connectivity index (χ4n) is 3.60. The SMILES string of the molecule is COc1ccc(C(=O)NC2OC(c3ccc(OC)cc3)=NC2n2nnc3ccccc32)cc1. The molecule has 1 aliphatic heterocycles. The Morgan fingerprint density at radius 2 is 1.61 bits per heavy atom. The van der Waals surface area contributed by atoms with Gasteiger partial charge in [0.1, 0.15) is 17.0 Å². The molecule has 1 amide bonds. The van der Waals surface area contributed by atoms with Crippen molar-refractivity contribution in [2.24, 2.45) is 4.99 Å². The van der Waals surface area contributed by atoms with Crippen LogP contribution in [0.15, 0.2) is 77.8 Å². The minimum Gasteiger partial charge on any atom is -0.497 e. The molecule has 0 bridgehead atoms. The van der Waals surface area contributed by atoms with Crippen LogP contribution < -0.4 is 14.8 Å². The predicted molar refractivity (Wildman–Crippen MR) is 121 cm³/mol. The number of carbonyl (C=O) groups excluding carboxylic acids is 1. The molecule has 5 rings (SSSR count). The van der Waals surface area contributed by atoms with Crippen molar-refractivity contribution in [3.05, 3.63) is 83.9 Å². The summed E-state index contributed by atoms with van der Waals surface area (Å²) in [7, 11) is 3.18. The first kappa shape index (κ1) is 20.5. The number of hydrogen-bond acceptors (Lipinski definition) is 7. The molecule has 166 valence electrons. The van der Waals surface area contributed by atoms with Gasteiger partial charge in [-0.2, -0.15) is 0 Å². The predicted octanol–water partition coefficient (Wildman–Crippen LogP) is 3.18. The van der Waals surface area contributed by atoms with Crippen LogP contribution in [0.3, 0.4) is 0 Å². The topological polar surface area (TPSA) is 99.9 Å². The van der Waals surface area contributed by atoms with Crippen LogP contribution in [0.4, 0.5) is 0 Å². The van der Waals surface area contributed by atoms with Gasteiger partial charge in [-0.15, -0.1) is 5.10 Å². The van der Waals surface area contributed by atoms with E-state index in [9.17, 15) is 4.79 Å². The van der Waals surface area contributed by atoms with Crippen molar-refractivity contribution in [1.82, 2.24) is 20.3 Å². The summed E-state index contributed by atoms with van der Waals surface area (Å²) in [6.07, 6.45) is -1.43. The van der Waals surface area contributed by atoms with Gasteiger partial charge in [0.2, 0.25) is 18.3 Å². The van der Waals surface area contributed by atoms with Crippen molar-refractivity contribution in [2.45, 2.75) is 12.4 Å². The quantitative estimate of drug-likeness (QED) is 0.491. The summed E-state index contributed by atoms with van der Waals surface area (Å²) in [5.74, 6) is 1.48. The van der Waals surface area contributed by atoms with Crippen LogP contribution in [0.25, 0.3) is 11.0 Å². The van der Waals surface area contributed by atoms with Gasteiger partial charge in [0.15, 0.2) is 0 Å². The second kappa shape index (κ2) is 8.62. The van der Waals surface area contributed by atoms with Crippen LogP contribution >= 0.6 is 0 Å². The molecule has 2 unspecified atom stereocenters. The number of aromatic nitrogens is 3. The van der Waals surface area contributed by atoms with Crippen LogP contribution in [0.1, 0.15) is 22.1 Å². The zero-order valence-corrected chi connectivity index (χ0v) is 18.0. The molecule has 0 fully saturated rings. The molecule has 0 aliphatic carbocycles. The van der Waals surface area contributed by atoms with Crippen LogP contribution in [-0.4, -0.2) is 47.2 Å². The lowest BCUT2D eigenvalue weighted by Gasteiger charge is -2.19. The molecule has 0 radical (unpaired) electrons. The van der Waals surface area contributed by atoms with Crippen molar-refractivity contribution in [1.29, 1.82) is 0 Å². The zero-order valence-electron chi connectivity index (χ0n) is 18.0. The Morgan fingerprint density at radius 1 is 0.939 bits per heavy atom. The molecule has 33 heavy (non-hydrogen) atoms. The number of fused-ring (bicyclic) bond motifs is 1. The first-order valence-electron chi connectivity index (χ1n) is 10.3. The number of methoxy groups -OCH3 is 2. The molecule has 2 atom stereocenters. The van der Waals surface area contributed by atoms with Crippen molar-refractivity contribution < 1.29 is 19.0 Å². The summed E-state index contributed by atoms with van der Waals surface area (Å²) < 4.78 is 18.2. The molecule has 1 aromatic heterocycles. The summed E-state index contributed by atoms with van der Waals surface area (Å²) in [5, 5.41) is 11.4. The summed E-state index contributed by atoms with van der Waals surface area (Å²) >= 11 is 0. The molecule has 1 N–H and O–H groups in total. The van der Waals surface area contributed by atoms with E-state index in [0.717, 1.165) is 22.3 Å². The van der Waals surface area contributed by atoms with Gasteiger partial charge < -0.3 is 19.5 Å². The standard InChI is InChI=1S/C24H21N5O4/c1-31-17-11-7-15(8-12-17)22(30)26-24-21(29-20-6-4-3-5-19(20)27-28-29)25-23(33-24)16-9-13-18(32-2)14-10-16/h3-14,21,24H,1-2H3,(H,26,30). The first-order chi connectivity index (χ1) is 16.2. The van der Waals surface area contributed by atoms with Gasteiger partial charge in [-0.25, -0.2) is 9.67 Å². The third kappa shape index (κ3) is 3.96. The van der Waals surface area contributed by atoms with E-state index in [1.54, 1.807) is 43.2 Å². The van der Waals surface area contributed by atoms with Gasteiger partial charge in [-0.3, -0.25) is 4.79 Å². The fraction of sp³-hybridized carbons (Fsp3) is 0.167. The second-order valence-corrected chi connectivity index (χ2v) is 7.34. The highest BCUT2D eigenvalue weighted by Crippen LogP contribution is 2.28. The highest BCUT2D eigenvalue weighted by molar-refractivity contribution is 5.97. The number of rotatable bonds is 6. The number of para-hydroxylation sites is 1. The maximum Gasteiger partial charge on any atom is 0.254 e. The zero-order chi connectivity index (χ0) is 22.8. The molecule has 9 heteroatoms. The Morgan fingerprint density at radius 3 is 2.30 bits per heavy atom. The number of nitrogens with one attached hydrogen (secondary N) is 1. The lowest BCUT2D eigenvalue weighted by molar-refractivity contribution is 0.0756. The summed E-state index contributed by atoms with van der Waals surface area (Å²) in [6.45, 7) is 0. The lowest BCUT2D eigenvalue weighted by Crippen LogP contribution is -2.40. The molecular weight excluding hydrogens is 422 g/mol. The molecule has 0 saturated heterocycles. The average molecular weight is 443 g/mol. The van der Waals surface area contributed by atoms with Crippen molar-refractivity contribution in [3.63, 3.8) is 0 Å². The van der Waals surface area contributed by atoms with E-state index in [1.165, 1.54) is 0 Å². The molecule has 0 saturated carbocycles. The molecule has 0 spiro atoms. The van der Waals surface area contributed by atoms with Gasteiger partial charge in [0, 0.05) is 11.1 Å². The van der Waals surface area contributed by atoms with Crippen LogP contribution in [0.2, 0.25) is 0 Å². The van der Waals surface area contributed by atoms with Gasteiger partial charge >= 0.3 is 0 Å². The Hall–Kier alpha value is -4.40. The van der Waals surface area contributed by atoms with Crippen LogP contribution in [-0.2, 0) is 4.74 Å². The minimum absolute atomic E-state index is 0.303. The second-order valence-electron chi connectivity index (χ2n) is 7.34. The molecule has 2 heterocycles. The monoisotopic (exact) mass is 443 g/mol. The van der Waals surface area contributed by atoms with Crippen molar-refractivity contribution >= 4 is 22.8 Å². The average Bonchev–Trinajstić information content (AvgIpc) is 3.48. The Bertz CT molecular complexity index is 1310. The van der Waals surface area contributed by atoms with E-state index in [4.69, 9.17) is 19.2 Å². The summed E-state index contributed by atoms with van der Waals surface area (Å²) in [5.41, 5.74) is 2.74. The molecule has 9 nitrogen and oxygen atoms in total. The first-order valence-corrected chi connectivity index (χ1v) is 10.3. The normalized spacial score (nSPS) is 17.3. The lowest BCUT2D eigenvalue weighted by atomic mass is 10.2. The molecule has 1 aliphatic rings. The molecule has 3 aromatic carbocycles. The number of carbonyl (C=O) groups is 1. The Kier molecular flexibility index (Phi) is 5.35. The van der Waals surface area contributed by atoms with Crippen LogP contribution in [0, 0.1) is 0 Å². The number of nitrogens with zero attached hydrogens (tertiary/aromatic N) is 4. The summed E-state index contributed by atoms with van der Waals surface area (Å²) in [6, 6.07) is 21.7. The number of ether oxygens (including phenoxy) is 3. The number of benzene rings is 3. The van der Waals surface area contributed by atoms with E-state index in [-0.39, 0.29) is 5.91 Å². The largest absolute Gasteiger partial charge is 0.497 e. The summed E-state index contributed by atoms with van der Waals surface area (Å²) in [4.78, 5) is 17.7. The van der Waals surface area contributed by atoms with E-state index in [0.29, 0.717) is 17.2 Å². The van der Waals surface area contributed by atoms with Crippen molar-refractivity contribution in [2.75, 3.05) is 14.2 Å². The minimum atomic E-state index is -0.790. The Balaban J connectivity index is 1.47. The number of aliphatic imine (C=N–C) groups is 1. The molecular formula is C24H21N5O4. The highest BCUT2D eigenvalue weighted by Gasteiger charge is 2.36. The van der Waals surface area contributed by atoms with E-state index in [1.807, 2.05) is 48.5 Å². The van der Waals surface area contributed by atoms with Crippen LogP contribution in [0.5, 0.6) is 11.5 Å². The van der Waals surface area contributed by atoms with Crippen molar-refractivity contribution in [3.8, 4) is 11.5 Å². The Labute approximate surface area is 189 Å². The molecule has 4 aromatic rings. The maximum absolute atomic E-state index is 13.0. The third-order valence-electron chi connectivity index (χ3n) is 5.35. The van der Waals surface area contributed by atoms with Gasteiger partial charge in [-0.05, 0) is 60.7 Å². The third-order valence-corrected chi connectivity index (χ3v) is 5.35. The van der Waals surface area contributed by atoms with E-state index in [2.05, 4.69) is 15.6 Å².